The van der Waals surface area contributed by atoms with Crippen molar-refractivity contribution >= 4 is 44.2 Å². The minimum absolute atomic E-state index is 0.0316. The van der Waals surface area contributed by atoms with Crippen LogP contribution in [0.25, 0.3) is 10.2 Å². The van der Waals surface area contributed by atoms with Crippen molar-refractivity contribution in [2.24, 2.45) is 0 Å². The first-order valence-corrected chi connectivity index (χ1v) is 12.8. The Morgan fingerprint density at radius 1 is 1.12 bits per heavy atom. The number of thiazole rings is 1. The highest BCUT2D eigenvalue weighted by atomic mass is 35.5. The third-order valence-electron chi connectivity index (χ3n) is 6.63. The maximum Gasteiger partial charge on any atom is 0.251 e. The smallest absolute Gasteiger partial charge is 0.251 e. The molecule has 6 nitrogen and oxygen atoms in total. The molecule has 8 heteroatoms. The molecule has 2 aliphatic rings. The molecule has 3 aromatic rings. The summed E-state index contributed by atoms with van der Waals surface area (Å²) in [6.07, 6.45) is 4.71. The van der Waals surface area contributed by atoms with Crippen LogP contribution < -0.4 is 15.0 Å². The summed E-state index contributed by atoms with van der Waals surface area (Å²) in [6, 6.07) is 10.1. The number of piperazine rings is 1. The molecular formula is C25H29ClN4O2S. The SMILES string of the molecule is COc1c(Cl)ccc2sc(N3CCN(CCNC(=O)c4ccc5c(c4)CCCC5)CC3)nc12. The van der Waals surface area contributed by atoms with E-state index in [1.54, 1.807) is 18.4 Å². The maximum atomic E-state index is 12.6. The van der Waals surface area contributed by atoms with Gasteiger partial charge in [0, 0.05) is 44.8 Å². The Bertz CT molecular complexity index is 1160. The standard InChI is InChI=1S/C25H29ClN4O2S/c1-32-23-20(26)8-9-21-22(23)28-25(33-21)30-14-12-29(13-15-30)11-10-27-24(31)19-7-6-17-4-2-3-5-18(17)16-19/h6-9,16H,2-5,10-15H2,1H3,(H,27,31). The molecule has 0 bridgehead atoms. The highest BCUT2D eigenvalue weighted by Gasteiger charge is 2.21. The summed E-state index contributed by atoms with van der Waals surface area (Å²) < 4.78 is 6.53. The van der Waals surface area contributed by atoms with Crippen LogP contribution in [0.15, 0.2) is 30.3 Å². The zero-order valence-electron chi connectivity index (χ0n) is 18.9. The van der Waals surface area contributed by atoms with Crippen molar-refractivity contribution in [1.29, 1.82) is 0 Å². The minimum atomic E-state index is 0.0316. The molecule has 1 saturated heterocycles. The van der Waals surface area contributed by atoms with Gasteiger partial charge in [0.25, 0.3) is 5.91 Å². The fourth-order valence-corrected chi connectivity index (χ4v) is 5.98. The van der Waals surface area contributed by atoms with Gasteiger partial charge in [0.05, 0.1) is 16.8 Å². The third kappa shape index (κ3) is 4.81. The van der Waals surface area contributed by atoms with Crippen LogP contribution in [-0.2, 0) is 12.8 Å². The van der Waals surface area contributed by atoms with Crippen LogP contribution in [0.1, 0.15) is 34.3 Å². The van der Waals surface area contributed by atoms with E-state index in [2.05, 4.69) is 27.2 Å². The number of aryl methyl sites for hydroxylation is 2. The number of ether oxygens (including phenoxy) is 1. The van der Waals surface area contributed by atoms with Gasteiger partial charge >= 0.3 is 0 Å². The number of rotatable bonds is 6. The van der Waals surface area contributed by atoms with Gasteiger partial charge in [-0.1, -0.05) is 29.0 Å². The minimum Gasteiger partial charge on any atom is -0.493 e. The second-order valence-electron chi connectivity index (χ2n) is 8.70. The van der Waals surface area contributed by atoms with Crippen LogP contribution in [0.4, 0.5) is 5.13 Å². The number of carbonyl (C=O) groups is 1. The van der Waals surface area contributed by atoms with Gasteiger partial charge in [0.1, 0.15) is 5.52 Å². The Balaban J connectivity index is 1.12. The predicted octanol–water partition coefficient (Wildman–Crippen LogP) is 4.39. The van der Waals surface area contributed by atoms with Crippen LogP contribution in [-0.4, -0.2) is 62.2 Å². The van der Waals surface area contributed by atoms with E-state index in [1.165, 1.54) is 24.0 Å². The van der Waals surface area contributed by atoms with Crippen LogP contribution in [0.3, 0.4) is 0 Å². The molecule has 1 aliphatic heterocycles. The zero-order valence-corrected chi connectivity index (χ0v) is 20.5. The van der Waals surface area contributed by atoms with Gasteiger partial charge < -0.3 is 15.0 Å². The topological polar surface area (TPSA) is 57.7 Å². The molecule has 1 N–H and O–H groups in total. The van der Waals surface area contributed by atoms with Gasteiger partial charge in [-0.2, -0.15) is 0 Å². The number of nitrogens with one attached hydrogen (secondary N) is 1. The quantitative estimate of drug-likeness (QED) is 0.562. The first-order chi connectivity index (χ1) is 16.1. The fraction of sp³-hybridized carbons (Fsp3) is 0.440. The number of nitrogens with zero attached hydrogens (tertiary/aromatic N) is 3. The summed E-state index contributed by atoms with van der Waals surface area (Å²) in [5.41, 5.74) is 4.37. The van der Waals surface area contributed by atoms with Crippen molar-refractivity contribution in [3.8, 4) is 5.75 Å². The molecule has 0 saturated carbocycles. The predicted molar refractivity (Wildman–Crippen MR) is 135 cm³/mol. The summed E-state index contributed by atoms with van der Waals surface area (Å²) in [6.45, 7) is 5.23. The van der Waals surface area contributed by atoms with E-state index >= 15 is 0 Å². The lowest BCUT2D eigenvalue weighted by atomic mass is 9.90. The summed E-state index contributed by atoms with van der Waals surface area (Å²) >= 11 is 7.92. The van der Waals surface area contributed by atoms with Crippen LogP contribution >= 0.6 is 22.9 Å². The molecule has 0 spiro atoms. The number of halogens is 1. The lowest BCUT2D eigenvalue weighted by molar-refractivity contribution is 0.0947. The van der Waals surface area contributed by atoms with Gasteiger partial charge in [-0.3, -0.25) is 9.69 Å². The third-order valence-corrected chi connectivity index (χ3v) is 8.01. The van der Waals surface area contributed by atoms with E-state index in [9.17, 15) is 4.79 Å². The van der Waals surface area contributed by atoms with Crippen LogP contribution in [0.2, 0.25) is 5.02 Å². The van der Waals surface area contributed by atoms with Crippen molar-refractivity contribution in [2.75, 3.05) is 51.3 Å². The number of hydrogen-bond acceptors (Lipinski definition) is 6. The zero-order chi connectivity index (χ0) is 22.8. The molecule has 0 atom stereocenters. The average molecular weight is 485 g/mol. The number of amides is 1. The molecule has 1 aromatic heterocycles. The molecule has 0 radical (unpaired) electrons. The number of carbonyl (C=O) groups excluding carboxylic acids is 1. The fourth-order valence-electron chi connectivity index (χ4n) is 4.73. The largest absolute Gasteiger partial charge is 0.493 e. The van der Waals surface area contributed by atoms with Gasteiger partial charge in [-0.25, -0.2) is 4.98 Å². The van der Waals surface area contributed by atoms with E-state index in [4.69, 9.17) is 21.3 Å². The summed E-state index contributed by atoms with van der Waals surface area (Å²) in [4.78, 5) is 22.1. The highest BCUT2D eigenvalue weighted by molar-refractivity contribution is 7.22. The van der Waals surface area contributed by atoms with Crippen molar-refractivity contribution in [2.45, 2.75) is 25.7 Å². The van der Waals surface area contributed by atoms with E-state index in [1.807, 2.05) is 18.2 Å². The number of aromatic nitrogens is 1. The highest BCUT2D eigenvalue weighted by Crippen LogP contribution is 2.38. The summed E-state index contributed by atoms with van der Waals surface area (Å²) in [5, 5.41) is 4.69. The van der Waals surface area contributed by atoms with Gasteiger partial charge in [0.2, 0.25) is 0 Å². The first kappa shape index (κ1) is 22.4. The van der Waals surface area contributed by atoms with E-state index in [0.29, 0.717) is 17.3 Å². The Morgan fingerprint density at radius 3 is 2.70 bits per heavy atom. The summed E-state index contributed by atoms with van der Waals surface area (Å²) in [5.74, 6) is 0.675. The van der Waals surface area contributed by atoms with Crippen molar-refractivity contribution in [3.63, 3.8) is 0 Å². The molecule has 2 aromatic carbocycles. The average Bonchev–Trinajstić information content (AvgIpc) is 3.28. The normalized spacial score (nSPS) is 16.6. The molecule has 0 unspecified atom stereocenters. The molecule has 5 rings (SSSR count). The molecule has 33 heavy (non-hydrogen) atoms. The van der Waals surface area contributed by atoms with Gasteiger partial charge in [-0.05, 0) is 61.1 Å². The Kier molecular flexibility index (Phi) is 6.71. The summed E-state index contributed by atoms with van der Waals surface area (Å²) in [7, 11) is 1.63. The Labute approximate surface area is 203 Å². The molecule has 1 amide bonds. The number of fused-ring (bicyclic) bond motifs is 2. The Hall–Kier alpha value is -2.35. The van der Waals surface area contributed by atoms with Gasteiger partial charge in [-0.15, -0.1) is 0 Å². The second-order valence-corrected chi connectivity index (χ2v) is 10.1. The second kappa shape index (κ2) is 9.87. The first-order valence-electron chi connectivity index (χ1n) is 11.6. The van der Waals surface area contributed by atoms with Crippen LogP contribution in [0.5, 0.6) is 5.75 Å². The lowest BCUT2D eigenvalue weighted by Crippen LogP contribution is -2.48. The number of hydrogen-bond donors (Lipinski definition) is 1. The molecule has 2 heterocycles. The molecule has 1 fully saturated rings. The maximum absolute atomic E-state index is 12.6. The van der Waals surface area contributed by atoms with Gasteiger partial charge in [0.15, 0.2) is 10.9 Å². The van der Waals surface area contributed by atoms with Crippen molar-refractivity contribution in [1.82, 2.24) is 15.2 Å². The van der Waals surface area contributed by atoms with E-state index < -0.39 is 0 Å². The molecule has 174 valence electrons. The van der Waals surface area contributed by atoms with E-state index in [-0.39, 0.29) is 5.91 Å². The van der Waals surface area contributed by atoms with Crippen LogP contribution in [0, 0.1) is 0 Å². The number of anilines is 1. The molecular weight excluding hydrogens is 456 g/mol. The monoisotopic (exact) mass is 484 g/mol. The van der Waals surface area contributed by atoms with Crippen molar-refractivity contribution in [3.05, 3.63) is 52.0 Å². The number of methoxy groups -OCH3 is 1. The molecule has 1 aliphatic carbocycles. The Morgan fingerprint density at radius 2 is 1.91 bits per heavy atom. The lowest BCUT2D eigenvalue weighted by Gasteiger charge is -2.34. The van der Waals surface area contributed by atoms with Crippen molar-refractivity contribution < 1.29 is 9.53 Å². The number of benzene rings is 2. The van der Waals surface area contributed by atoms with E-state index in [0.717, 1.165) is 66.5 Å².